The Kier molecular flexibility index (Phi) is 6.16. The van der Waals surface area contributed by atoms with Crippen molar-refractivity contribution in [3.63, 3.8) is 0 Å². The molecule has 0 bridgehead atoms. The molecule has 0 saturated carbocycles. The van der Waals surface area contributed by atoms with Crippen molar-refractivity contribution < 1.29 is 4.39 Å². The summed E-state index contributed by atoms with van der Waals surface area (Å²) in [6.45, 7) is 9.62. The van der Waals surface area contributed by atoms with Crippen molar-refractivity contribution in [1.82, 2.24) is 5.32 Å². The molecular weight excluding hydrogens is 245 g/mol. The largest absolute Gasteiger partial charge is 0.309 e. The van der Waals surface area contributed by atoms with E-state index in [0.717, 1.165) is 24.3 Å². The normalized spacial score (nSPS) is 13.6. The minimum Gasteiger partial charge on any atom is -0.309 e. The zero-order valence-corrected chi connectivity index (χ0v) is 12.6. The van der Waals surface area contributed by atoms with Gasteiger partial charge in [0, 0.05) is 22.1 Å². The lowest BCUT2D eigenvalue weighted by molar-refractivity contribution is 0.531. The molecule has 18 heavy (non-hydrogen) atoms. The SMILES string of the molecule is CCCNC(CSC(C)(C)C)c1ccccc1F. The summed E-state index contributed by atoms with van der Waals surface area (Å²) < 4.78 is 14.0. The van der Waals surface area contributed by atoms with Gasteiger partial charge in [-0.05, 0) is 19.0 Å². The third-order valence-corrected chi connectivity index (χ3v) is 3.97. The number of thioether (sulfide) groups is 1. The van der Waals surface area contributed by atoms with Gasteiger partial charge in [0.2, 0.25) is 0 Å². The van der Waals surface area contributed by atoms with Gasteiger partial charge in [0.15, 0.2) is 0 Å². The van der Waals surface area contributed by atoms with Crippen LogP contribution >= 0.6 is 11.8 Å². The van der Waals surface area contributed by atoms with E-state index in [0.29, 0.717) is 0 Å². The van der Waals surface area contributed by atoms with Gasteiger partial charge in [-0.3, -0.25) is 0 Å². The van der Waals surface area contributed by atoms with E-state index in [9.17, 15) is 4.39 Å². The smallest absolute Gasteiger partial charge is 0.128 e. The van der Waals surface area contributed by atoms with E-state index in [1.54, 1.807) is 6.07 Å². The van der Waals surface area contributed by atoms with E-state index < -0.39 is 0 Å². The third kappa shape index (κ3) is 5.40. The first kappa shape index (κ1) is 15.5. The Hall–Kier alpha value is -0.540. The van der Waals surface area contributed by atoms with E-state index in [2.05, 4.69) is 33.0 Å². The van der Waals surface area contributed by atoms with E-state index in [4.69, 9.17) is 0 Å². The maximum atomic E-state index is 13.8. The summed E-state index contributed by atoms with van der Waals surface area (Å²) in [5.41, 5.74) is 0.780. The number of hydrogen-bond donors (Lipinski definition) is 1. The van der Waals surface area contributed by atoms with Gasteiger partial charge in [-0.25, -0.2) is 4.39 Å². The fourth-order valence-electron chi connectivity index (χ4n) is 1.67. The highest BCUT2D eigenvalue weighted by atomic mass is 32.2. The monoisotopic (exact) mass is 269 g/mol. The van der Waals surface area contributed by atoms with Gasteiger partial charge in [-0.1, -0.05) is 45.9 Å². The van der Waals surface area contributed by atoms with Crippen molar-refractivity contribution in [2.45, 2.75) is 44.9 Å². The second-order valence-electron chi connectivity index (χ2n) is 5.45. The van der Waals surface area contributed by atoms with Crippen LogP contribution in [0.5, 0.6) is 0 Å². The predicted molar refractivity (Wildman–Crippen MR) is 79.6 cm³/mol. The van der Waals surface area contributed by atoms with Crippen LogP contribution in [0.15, 0.2) is 24.3 Å². The van der Waals surface area contributed by atoms with Crippen molar-refractivity contribution in [2.75, 3.05) is 12.3 Å². The molecule has 0 aliphatic rings. The van der Waals surface area contributed by atoms with Gasteiger partial charge in [0.05, 0.1) is 0 Å². The maximum Gasteiger partial charge on any atom is 0.128 e. The fraction of sp³-hybridized carbons (Fsp3) is 0.600. The Bertz CT molecular complexity index is 360. The standard InChI is InChI=1S/C15H24FNS/c1-5-10-17-14(11-18-15(2,3)4)12-8-6-7-9-13(12)16/h6-9,14,17H,5,10-11H2,1-4H3. The molecule has 0 aliphatic carbocycles. The van der Waals surface area contributed by atoms with Crippen LogP contribution in [-0.2, 0) is 0 Å². The topological polar surface area (TPSA) is 12.0 Å². The summed E-state index contributed by atoms with van der Waals surface area (Å²) in [6.07, 6.45) is 1.06. The Morgan fingerprint density at radius 1 is 1.28 bits per heavy atom. The van der Waals surface area contributed by atoms with Crippen LogP contribution < -0.4 is 5.32 Å². The van der Waals surface area contributed by atoms with Crippen LogP contribution in [0, 0.1) is 5.82 Å². The molecule has 0 aromatic heterocycles. The summed E-state index contributed by atoms with van der Waals surface area (Å²) >= 11 is 1.87. The molecule has 3 heteroatoms. The summed E-state index contributed by atoms with van der Waals surface area (Å²) in [4.78, 5) is 0. The first-order valence-electron chi connectivity index (χ1n) is 6.56. The average molecular weight is 269 g/mol. The highest BCUT2D eigenvalue weighted by Crippen LogP contribution is 2.29. The van der Waals surface area contributed by atoms with Gasteiger partial charge >= 0.3 is 0 Å². The van der Waals surface area contributed by atoms with Crippen molar-refractivity contribution in [3.8, 4) is 0 Å². The van der Waals surface area contributed by atoms with Crippen molar-refractivity contribution in [2.24, 2.45) is 0 Å². The van der Waals surface area contributed by atoms with E-state index in [1.807, 2.05) is 23.9 Å². The lowest BCUT2D eigenvalue weighted by Crippen LogP contribution is -2.26. The quantitative estimate of drug-likeness (QED) is 0.821. The molecule has 0 spiro atoms. The molecule has 1 N–H and O–H groups in total. The Labute approximate surface area is 115 Å². The fourth-order valence-corrected chi connectivity index (χ4v) is 2.63. The van der Waals surface area contributed by atoms with Crippen LogP contribution in [0.4, 0.5) is 4.39 Å². The van der Waals surface area contributed by atoms with Crippen molar-refractivity contribution in [3.05, 3.63) is 35.6 Å². The Morgan fingerprint density at radius 2 is 1.94 bits per heavy atom. The predicted octanol–water partition coefficient (Wildman–Crippen LogP) is 4.40. The summed E-state index contributed by atoms with van der Waals surface area (Å²) in [6, 6.07) is 7.16. The van der Waals surface area contributed by atoms with Gasteiger partial charge in [0.1, 0.15) is 5.82 Å². The molecule has 0 radical (unpaired) electrons. The minimum atomic E-state index is -0.111. The number of nitrogens with one attached hydrogen (secondary N) is 1. The Morgan fingerprint density at radius 3 is 2.50 bits per heavy atom. The number of benzene rings is 1. The first-order chi connectivity index (χ1) is 8.44. The molecule has 0 amide bonds. The maximum absolute atomic E-state index is 13.8. The second-order valence-corrected chi connectivity index (χ2v) is 7.30. The molecule has 0 fully saturated rings. The second kappa shape index (κ2) is 7.15. The highest BCUT2D eigenvalue weighted by molar-refractivity contribution is 8.00. The lowest BCUT2D eigenvalue weighted by atomic mass is 10.1. The van der Waals surface area contributed by atoms with Gasteiger partial charge in [0.25, 0.3) is 0 Å². The molecule has 0 saturated heterocycles. The molecular formula is C15H24FNS. The molecule has 102 valence electrons. The molecule has 1 aromatic carbocycles. The summed E-state index contributed by atoms with van der Waals surface area (Å²) in [7, 11) is 0. The molecule has 0 heterocycles. The molecule has 1 aromatic rings. The molecule has 1 atom stereocenters. The summed E-state index contributed by atoms with van der Waals surface area (Å²) in [5, 5.41) is 3.44. The van der Waals surface area contributed by atoms with Crippen LogP contribution in [0.1, 0.15) is 45.7 Å². The third-order valence-electron chi connectivity index (χ3n) is 2.60. The molecule has 0 aliphatic heterocycles. The number of hydrogen-bond acceptors (Lipinski definition) is 2. The minimum absolute atomic E-state index is 0.0929. The van der Waals surface area contributed by atoms with Gasteiger partial charge < -0.3 is 5.32 Å². The average Bonchev–Trinajstić information content (AvgIpc) is 2.29. The lowest BCUT2D eigenvalue weighted by Gasteiger charge is -2.24. The van der Waals surface area contributed by atoms with E-state index in [-0.39, 0.29) is 16.6 Å². The molecule has 1 unspecified atom stereocenters. The molecule has 1 nitrogen and oxygen atoms in total. The Balaban J connectivity index is 2.75. The van der Waals surface area contributed by atoms with Gasteiger partial charge in [-0.15, -0.1) is 0 Å². The van der Waals surface area contributed by atoms with Crippen molar-refractivity contribution in [1.29, 1.82) is 0 Å². The number of halogens is 1. The van der Waals surface area contributed by atoms with E-state index >= 15 is 0 Å². The van der Waals surface area contributed by atoms with Crippen molar-refractivity contribution >= 4 is 11.8 Å². The van der Waals surface area contributed by atoms with Crippen LogP contribution in [0.2, 0.25) is 0 Å². The van der Waals surface area contributed by atoms with Gasteiger partial charge in [-0.2, -0.15) is 11.8 Å². The zero-order valence-electron chi connectivity index (χ0n) is 11.8. The first-order valence-corrected chi connectivity index (χ1v) is 7.54. The number of rotatable bonds is 6. The van der Waals surface area contributed by atoms with Crippen LogP contribution in [0.3, 0.4) is 0 Å². The van der Waals surface area contributed by atoms with Crippen LogP contribution in [0.25, 0.3) is 0 Å². The zero-order chi connectivity index (χ0) is 13.6. The van der Waals surface area contributed by atoms with E-state index in [1.165, 1.54) is 6.07 Å². The molecule has 1 rings (SSSR count). The highest BCUT2D eigenvalue weighted by Gasteiger charge is 2.18. The van der Waals surface area contributed by atoms with Crippen LogP contribution in [-0.4, -0.2) is 17.0 Å². The summed E-state index contributed by atoms with van der Waals surface area (Å²) in [5.74, 6) is 0.783.